The molecule has 5 N–H and O–H groups in total. The molecular formula is C30H31N3O9. The van der Waals surface area contributed by atoms with Gasteiger partial charge in [-0.3, -0.25) is 14.4 Å². The lowest BCUT2D eigenvalue weighted by Gasteiger charge is -2.37. The number of hydrogen-bond acceptors (Lipinski definition) is 9. The zero-order valence-corrected chi connectivity index (χ0v) is 23.2. The average molecular weight is 578 g/mol. The standard InChI is InChI=1S/C30H31N3O9/c1-15(34)31-11-10-18-4-8-23-25(12-18)39-28(30(41-23)33-17(3)36)20-6-9-24-26(14-20)40-27(29(42-24)32-16(2)35)19-5-7-21(37)22(38)13-19/h4-9,12-14,27-30,37-38H,10-11H2,1-3H3,(H,31,34)(H,32,35)(H,33,36)/t27-,28+,29+,30-/m0/s1. The fourth-order valence-corrected chi connectivity index (χ4v) is 4.78. The second-order valence-corrected chi connectivity index (χ2v) is 10.0. The zero-order chi connectivity index (χ0) is 30.0. The maximum atomic E-state index is 12.0. The summed E-state index contributed by atoms with van der Waals surface area (Å²) in [4.78, 5) is 35.2. The molecule has 42 heavy (non-hydrogen) atoms. The van der Waals surface area contributed by atoms with Crippen molar-refractivity contribution in [1.82, 2.24) is 16.0 Å². The molecule has 12 nitrogen and oxygen atoms in total. The van der Waals surface area contributed by atoms with Crippen molar-refractivity contribution >= 4 is 17.7 Å². The molecule has 0 saturated heterocycles. The van der Waals surface area contributed by atoms with Crippen molar-refractivity contribution in [2.75, 3.05) is 6.54 Å². The molecule has 3 amide bonds. The fraction of sp³-hybridized carbons (Fsp3) is 0.300. The summed E-state index contributed by atoms with van der Waals surface area (Å²) in [5.74, 6) is 0.180. The Bertz CT molecular complexity index is 1530. The predicted octanol–water partition coefficient (Wildman–Crippen LogP) is 2.73. The van der Waals surface area contributed by atoms with Crippen LogP contribution in [0.3, 0.4) is 0 Å². The van der Waals surface area contributed by atoms with E-state index in [0.29, 0.717) is 47.1 Å². The molecule has 4 atom stereocenters. The maximum absolute atomic E-state index is 12.0. The van der Waals surface area contributed by atoms with E-state index in [1.54, 1.807) is 30.3 Å². The summed E-state index contributed by atoms with van der Waals surface area (Å²) in [6.45, 7) is 4.65. The minimum Gasteiger partial charge on any atom is -0.504 e. The number of phenolic OH excluding ortho intramolecular Hbond substituents is 2. The molecule has 2 heterocycles. The third kappa shape index (κ3) is 6.27. The number of carbonyl (C=O) groups excluding carboxylic acids is 3. The molecule has 0 spiro atoms. The van der Waals surface area contributed by atoms with Gasteiger partial charge in [0.15, 0.2) is 46.7 Å². The lowest BCUT2D eigenvalue weighted by molar-refractivity contribution is -0.125. The van der Waals surface area contributed by atoms with Crippen LogP contribution in [-0.2, 0) is 20.8 Å². The van der Waals surface area contributed by atoms with Gasteiger partial charge in [-0.2, -0.15) is 0 Å². The molecule has 12 heteroatoms. The van der Waals surface area contributed by atoms with Crippen molar-refractivity contribution < 1.29 is 43.5 Å². The van der Waals surface area contributed by atoms with Crippen LogP contribution in [0.15, 0.2) is 54.6 Å². The average Bonchev–Trinajstić information content (AvgIpc) is 2.93. The van der Waals surface area contributed by atoms with Gasteiger partial charge in [0.2, 0.25) is 30.2 Å². The van der Waals surface area contributed by atoms with Crippen LogP contribution in [0.2, 0.25) is 0 Å². The monoisotopic (exact) mass is 577 g/mol. The predicted molar refractivity (Wildman–Crippen MR) is 148 cm³/mol. The number of nitrogens with one attached hydrogen (secondary N) is 3. The Morgan fingerprint density at radius 3 is 1.76 bits per heavy atom. The third-order valence-electron chi connectivity index (χ3n) is 6.68. The normalized spacial score (nSPS) is 20.3. The fourth-order valence-electron chi connectivity index (χ4n) is 4.78. The summed E-state index contributed by atoms with van der Waals surface area (Å²) in [7, 11) is 0. The van der Waals surface area contributed by atoms with Crippen LogP contribution in [-0.4, -0.2) is 46.9 Å². The van der Waals surface area contributed by atoms with Crippen LogP contribution >= 0.6 is 0 Å². The first-order valence-corrected chi connectivity index (χ1v) is 13.3. The highest BCUT2D eigenvalue weighted by atomic mass is 16.6. The molecule has 0 fully saturated rings. The van der Waals surface area contributed by atoms with Crippen LogP contribution in [0.4, 0.5) is 0 Å². The molecule has 0 unspecified atom stereocenters. The lowest BCUT2D eigenvalue weighted by atomic mass is 10.0. The first-order valence-electron chi connectivity index (χ1n) is 13.3. The van der Waals surface area contributed by atoms with Crippen LogP contribution in [0, 0.1) is 0 Å². The number of benzene rings is 3. The van der Waals surface area contributed by atoms with E-state index in [2.05, 4.69) is 16.0 Å². The van der Waals surface area contributed by atoms with Gasteiger partial charge in [-0.05, 0) is 48.4 Å². The highest BCUT2D eigenvalue weighted by Gasteiger charge is 2.38. The maximum Gasteiger partial charge on any atom is 0.219 e. The van der Waals surface area contributed by atoms with Crippen LogP contribution in [0.1, 0.15) is 49.7 Å². The third-order valence-corrected chi connectivity index (χ3v) is 6.68. The van der Waals surface area contributed by atoms with Gasteiger partial charge < -0.3 is 45.1 Å². The molecule has 0 aliphatic carbocycles. The number of carbonyl (C=O) groups is 3. The van der Waals surface area contributed by atoms with E-state index < -0.39 is 24.7 Å². The molecule has 0 bridgehead atoms. The minimum absolute atomic E-state index is 0.114. The summed E-state index contributed by atoms with van der Waals surface area (Å²) >= 11 is 0. The van der Waals surface area contributed by atoms with Crippen molar-refractivity contribution in [3.05, 3.63) is 71.3 Å². The Balaban J connectivity index is 1.45. The number of aromatic hydroxyl groups is 2. The summed E-state index contributed by atoms with van der Waals surface area (Å²) in [5, 5.41) is 28.1. The molecule has 3 aromatic rings. The highest BCUT2D eigenvalue weighted by Crippen LogP contribution is 2.44. The lowest BCUT2D eigenvalue weighted by Crippen LogP contribution is -2.47. The topological polar surface area (TPSA) is 165 Å². The number of ether oxygens (including phenoxy) is 4. The Kier molecular flexibility index (Phi) is 7.96. The van der Waals surface area contributed by atoms with Crippen molar-refractivity contribution in [3.63, 3.8) is 0 Å². The van der Waals surface area contributed by atoms with E-state index in [-0.39, 0.29) is 29.2 Å². The zero-order valence-electron chi connectivity index (χ0n) is 23.2. The Labute approximate surface area is 241 Å². The molecule has 3 aromatic carbocycles. The molecule has 2 aliphatic heterocycles. The largest absolute Gasteiger partial charge is 0.504 e. The van der Waals surface area contributed by atoms with E-state index in [1.807, 2.05) is 12.1 Å². The number of amides is 3. The Morgan fingerprint density at radius 2 is 1.19 bits per heavy atom. The molecule has 0 aromatic heterocycles. The number of hydrogen-bond donors (Lipinski definition) is 5. The first-order chi connectivity index (χ1) is 20.1. The van der Waals surface area contributed by atoms with E-state index in [0.717, 1.165) is 5.56 Å². The van der Waals surface area contributed by atoms with E-state index in [9.17, 15) is 24.6 Å². The summed E-state index contributed by atoms with van der Waals surface area (Å²) in [6, 6.07) is 14.8. The molecule has 0 saturated carbocycles. The Hall–Kier alpha value is -5.13. The molecule has 2 aliphatic rings. The van der Waals surface area contributed by atoms with E-state index >= 15 is 0 Å². The first kappa shape index (κ1) is 28.4. The number of fused-ring (bicyclic) bond motifs is 2. The van der Waals surface area contributed by atoms with Crippen molar-refractivity contribution in [1.29, 1.82) is 0 Å². The SMILES string of the molecule is CC(=O)NCCc1ccc2c(c1)O[C@H](c1ccc3c(c1)O[C@@H](c1ccc(O)c(O)c1)[C@H](NC(C)=O)O3)[C@@H](NC(C)=O)O2. The quantitative estimate of drug-likeness (QED) is 0.266. The molecule has 0 radical (unpaired) electrons. The smallest absolute Gasteiger partial charge is 0.219 e. The second kappa shape index (κ2) is 11.8. The second-order valence-electron chi connectivity index (χ2n) is 10.0. The van der Waals surface area contributed by atoms with Crippen molar-refractivity contribution in [2.45, 2.75) is 51.9 Å². The van der Waals surface area contributed by atoms with Crippen LogP contribution < -0.4 is 34.9 Å². The minimum atomic E-state index is -0.922. The van der Waals surface area contributed by atoms with Crippen molar-refractivity contribution in [3.8, 4) is 34.5 Å². The molecule has 5 rings (SSSR count). The summed E-state index contributed by atoms with van der Waals surface area (Å²) in [6.07, 6.45) is -2.84. The van der Waals surface area contributed by atoms with E-state index in [1.165, 1.54) is 32.9 Å². The van der Waals surface area contributed by atoms with Gasteiger partial charge in [0, 0.05) is 38.4 Å². The summed E-state index contributed by atoms with van der Waals surface area (Å²) < 4.78 is 24.8. The van der Waals surface area contributed by atoms with Crippen molar-refractivity contribution in [2.24, 2.45) is 0 Å². The molecular weight excluding hydrogens is 546 g/mol. The number of rotatable bonds is 7. The van der Waals surface area contributed by atoms with Gasteiger partial charge in [0.1, 0.15) is 0 Å². The van der Waals surface area contributed by atoms with Gasteiger partial charge in [0.25, 0.3) is 0 Å². The van der Waals surface area contributed by atoms with Gasteiger partial charge in [-0.15, -0.1) is 0 Å². The number of phenols is 2. The Morgan fingerprint density at radius 1 is 0.643 bits per heavy atom. The summed E-state index contributed by atoms with van der Waals surface area (Å²) in [5.41, 5.74) is 1.99. The highest BCUT2D eigenvalue weighted by molar-refractivity contribution is 5.74. The van der Waals surface area contributed by atoms with Gasteiger partial charge in [-0.25, -0.2) is 0 Å². The van der Waals surface area contributed by atoms with E-state index in [4.69, 9.17) is 18.9 Å². The van der Waals surface area contributed by atoms with Crippen LogP contribution in [0.5, 0.6) is 34.5 Å². The van der Waals surface area contributed by atoms with Gasteiger partial charge in [-0.1, -0.05) is 18.2 Å². The van der Waals surface area contributed by atoms with Gasteiger partial charge >= 0.3 is 0 Å². The van der Waals surface area contributed by atoms with Gasteiger partial charge in [0.05, 0.1) is 0 Å². The molecule has 220 valence electrons. The van der Waals surface area contributed by atoms with Crippen LogP contribution in [0.25, 0.3) is 0 Å².